The molecule has 1 unspecified atom stereocenters. The molecule has 2 aromatic carbocycles. The molecule has 0 aromatic heterocycles. The van der Waals surface area contributed by atoms with E-state index >= 15 is 0 Å². The van der Waals surface area contributed by atoms with Crippen molar-refractivity contribution in [3.05, 3.63) is 36.4 Å². The Kier molecular flexibility index (Phi) is 5.75. The van der Waals surface area contributed by atoms with Gasteiger partial charge >= 0.3 is 0 Å². The van der Waals surface area contributed by atoms with Gasteiger partial charge in [-0.1, -0.05) is 0 Å². The Labute approximate surface area is 161 Å². The second kappa shape index (κ2) is 8.22. The lowest BCUT2D eigenvalue weighted by atomic mass is 10.2. The number of amides is 2. The van der Waals surface area contributed by atoms with Gasteiger partial charge in [0.15, 0.2) is 11.5 Å². The van der Waals surface area contributed by atoms with Crippen molar-refractivity contribution in [1.82, 2.24) is 0 Å². The van der Waals surface area contributed by atoms with Crippen LogP contribution < -0.4 is 24.8 Å². The summed E-state index contributed by atoms with van der Waals surface area (Å²) in [4.78, 5) is 25.6. The van der Waals surface area contributed by atoms with Crippen LogP contribution in [0.4, 0.5) is 11.4 Å². The molecule has 0 aliphatic carbocycles. The van der Waals surface area contributed by atoms with E-state index in [1.807, 2.05) is 6.07 Å². The Hall–Kier alpha value is -2.87. The molecule has 2 N–H and O–H groups in total. The Balaban J connectivity index is 1.68. The SMILES string of the molecule is COc1ccc2c(c1)SC(CC(=O)Nc1ccc(OC)c(OC)c1)C(=O)N2. The number of fused-ring (bicyclic) bond motifs is 1. The average Bonchev–Trinajstić information content (AvgIpc) is 2.68. The summed E-state index contributed by atoms with van der Waals surface area (Å²) in [5.74, 6) is 1.33. The molecule has 0 radical (unpaired) electrons. The third-order valence-corrected chi connectivity index (χ3v) is 5.30. The third-order valence-electron chi connectivity index (χ3n) is 4.05. The minimum absolute atomic E-state index is 0.0431. The van der Waals surface area contributed by atoms with Gasteiger partial charge in [-0.15, -0.1) is 11.8 Å². The van der Waals surface area contributed by atoms with Crippen LogP contribution in [0.15, 0.2) is 41.3 Å². The van der Waals surface area contributed by atoms with E-state index in [2.05, 4.69) is 10.6 Å². The van der Waals surface area contributed by atoms with Crippen LogP contribution in [0.5, 0.6) is 17.2 Å². The predicted octanol–water partition coefficient (Wildman–Crippen LogP) is 3.15. The van der Waals surface area contributed by atoms with Crippen LogP contribution in [-0.2, 0) is 9.59 Å². The van der Waals surface area contributed by atoms with Crippen LogP contribution in [0.2, 0.25) is 0 Å². The minimum atomic E-state index is -0.523. The Bertz CT molecular complexity index is 871. The minimum Gasteiger partial charge on any atom is -0.497 e. The summed E-state index contributed by atoms with van der Waals surface area (Å²) in [7, 11) is 4.65. The molecule has 0 fully saturated rings. The molecule has 1 aliphatic heterocycles. The zero-order valence-corrected chi connectivity index (χ0v) is 16.0. The summed E-state index contributed by atoms with van der Waals surface area (Å²) in [6.07, 6.45) is 0.0431. The summed E-state index contributed by atoms with van der Waals surface area (Å²) in [6.45, 7) is 0. The third kappa shape index (κ3) is 4.28. The molecule has 27 heavy (non-hydrogen) atoms. The van der Waals surface area contributed by atoms with E-state index in [0.717, 1.165) is 10.6 Å². The first-order valence-electron chi connectivity index (χ1n) is 8.21. The number of anilines is 2. The largest absolute Gasteiger partial charge is 0.497 e. The number of hydrogen-bond donors (Lipinski definition) is 2. The van der Waals surface area contributed by atoms with Crippen LogP contribution >= 0.6 is 11.8 Å². The summed E-state index contributed by atoms with van der Waals surface area (Å²) >= 11 is 1.35. The molecule has 7 nitrogen and oxygen atoms in total. The van der Waals surface area contributed by atoms with Gasteiger partial charge in [0.1, 0.15) is 5.75 Å². The highest BCUT2D eigenvalue weighted by Crippen LogP contribution is 2.39. The van der Waals surface area contributed by atoms with Crippen molar-refractivity contribution >= 4 is 35.0 Å². The molecule has 0 bridgehead atoms. The summed E-state index contributed by atoms with van der Waals surface area (Å²) in [5, 5.41) is 5.10. The zero-order valence-electron chi connectivity index (χ0n) is 15.2. The van der Waals surface area contributed by atoms with Crippen molar-refractivity contribution in [3.8, 4) is 17.2 Å². The van der Waals surface area contributed by atoms with E-state index in [1.165, 1.54) is 18.9 Å². The normalized spacial score (nSPS) is 15.4. The van der Waals surface area contributed by atoms with Gasteiger partial charge in [-0.2, -0.15) is 0 Å². The fourth-order valence-electron chi connectivity index (χ4n) is 2.68. The molecule has 1 heterocycles. The topological polar surface area (TPSA) is 85.9 Å². The van der Waals surface area contributed by atoms with Gasteiger partial charge in [-0.05, 0) is 30.3 Å². The number of carbonyl (C=O) groups excluding carboxylic acids is 2. The molecule has 3 rings (SSSR count). The van der Waals surface area contributed by atoms with Gasteiger partial charge in [0, 0.05) is 23.1 Å². The van der Waals surface area contributed by atoms with E-state index in [1.54, 1.807) is 44.6 Å². The molecule has 1 aliphatic rings. The lowest BCUT2D eigenvalue weighted by Crippen LogP contribution is -2.32. The van der Waals surface area contributed by atoms with Crippen LogP contribution in [0.25, 0.3) is 0 Å². The maximum Gasteiger partial charge on any atom is 0.238 e. The summed E-state index contributed by atoms with van der Waals surface area (Å²) in [5.41, 5.74) is 1.29. The quantitative estimate of drug-likeness (QED) is 0.791. The molecular weight excluding hydrogens is 368 g/mol. The predicted molar refractivity (Wildman–Crippen MR) is 104 cm³/mol. The number of carbonyl (C=O) groups is 2. The van der Waals surface area contributed by atoms with E-state index in [-0.39, 0.29) is 18.2 Å². The number of benzene rings is 2. The van der Waals surface area contributed by atoms with Crippen LogP contribution in [0.3, 0.4) is 0 Å². The van der Waals surface area contributed by atoms with Crippen molar-refractivity contribution in [2.24, 2.45) is 0 Å². The molecule has 0 saturated carbocycles. The Morgan fingerprint density at radius 3 is 2.56 bits per heavy atom. The molecule has 0 spiro atoms. The second-order valence-electron chi connectivity index (χ2n) is 5.78. The smallest absolute Gasteiger partial charge is 0.238 e. The van der Waals surface area contributed by atoms with Crippen LogP contribution in [0, 0.1) is 0 Å². The molecule has 8 heteroatoms. The maximum atomic E-state index is 12.4. The van der Waals surface area contributed by atoms with Gasteiger partial charge in [-0.25, -0.2) is 0 Å². The van der Waals surface area contributed by atoms with Crippen molar-refractivity contribution in [2.45, 2.75) is 16.6 Å². The summed E-state index contributed by atoms with van der Waals surface area (Å²) in [6, 6.07) is 10.5. The number of ether oxygens (including phenoxy) is 3. The molecule has 142 valence electrons. The standard InChI is InChI=1S/C19H20N2O5S/c1-24-12-5-6-13-16(9-12)27-17(19(23)21-13)10-18(22)20-11-4-7-14(25-2)15(8-11)26-3/h4-9,17H,10H2,1-3H3,(H,20,22)(H,21,23). The maximum absolute atomic E-state index is 12.4. The van der Waals surface area contributed by atoms with Gasteiger partial charge in [-0.3, -0.25) is 9.59 Å². The average molecular weight is 388 g/mol. The lowest BCUT2D eigenvalue weighted by Gasteiger charge is -2.24. The lowest BCUT2D eigenvalue weighted by molar-refractivity contribution is -0.120. The van der Waals surface area contributed by atoms with Gasteiger partial charge in [0.05, 0.1) is 32.3 Å². The highest BCUT2D eigenvalue weighted by atomic mass is 32.2. The van der Waals surface area contributed by atoms with Crippen molar-refractivity contribution in [1.29, 1.82) is 0 Å². The first kappa shape index (κ1) is 18.9. The van der Waals surface area contributed by atoms with Crippen molar-refractivity contribution < 1.29 is 23.8 Å². The van der Waals surface area contributed by atoms with Crippen molar-refractivity contribution in [3.63, 3.8) is 0 Å². The van der Waals surface area contributed by atoms with Crippen molar-refractivity contribution in [2.75, 3.05) is 32.0 Å². The Morgan fingerprint density at radius 2 is 1.85 bits per heavy atom. The molecular formula is C19H20N2O5S. The highest BCUT2D eigenvalue weighted by molar-refractivity contribution is 8.01. The Morgan fingerprint density at radius 1 is 1.07 bits per heavy atom. The van der Waals surface area contributed by atoms with E-state index in [0.29, 0.717) is 22.9 Å². The first-order valence-corrected chi connectivity index (χ1v) is 9.09. The molecule has 2 aromatic rings. The number of nitrogens with one attached hydrogen (secondary N) is 2. The summed E-state index contributed by atoms with van der Waals surface area (Å²) < 4.78 is 15.6. The molecule has 1 atom stereocenters. The zero-order chi connectivity index (χ0) is 19.4. The fourth-order valence-corrected chi connectivity index (χ4v) is 3.82. The number of hydrogen-bond acceptors (Lipinski definition) is 6. The van der Waals surface area contributed by atoms with E-state index in [9.17, 15) is 9.59 Å². The number of methoxy groups -OCH3 is 3. The monoisotopic (exact) mass is 388 g/mol. The van der Waals surface area contributed by atoms with Crippen LogP contribution in [0.1, 0.15) is 6.42 Å². The molecule has 2 amide bonds. The number of rotatable bonds is 6. The van der Waals surface area contributed by atoms with Gasteiger partial charge in [0.2, 0.25) is 11.8 Å². The highest BCUT2D eigenvalue weighted by Gasteiger charge is 2.29. The first-order chi connectivity index (χ1) is 13.0. The van der Waals surface area contributed by atoms with Gasteiger partial charge < -0.3 is 24.8 Å². The number of thioether (sulfide) groups is 1. The second-order valence-corrected chi connectivity index (χ2v) is 7.02. The van der Waals surface area contributed by atoms with Gasteiger partial charge in [0.25, 0.3) is 0 Å². The molecule has 0 saturated heterocycles. The van der Waals surface area contributed by atoms with E-state index in [4.69, 9.17) is 14.2 Å². The fraction of sp³-hybridized carbons (Fsp3) is 0.263. The van der Waals surface area contributed by atoms with E-state index < -0.39 is 5.25 Å². The van der Waals surface area contributed by atoms with Crippen LogP contribution in [-0.4, -0.2) is 38.4 Å².